The molecule has 0 aromatic heterocycles. The molecule has 0 heterocycles. The van der Waals surface area contributed by atoms with Gasteiger partial charge in [-0.2, -0.15) is 0 Å². The van der Waals surface area contributed by atoms with Crippen LogP contribution in [0.25, 0.3) is 0 Å². The fraction of sp³-hybridized carbons (Fsp3) is 0.429. The molecule has 108 valence electrons. The number of carboxylic acid groups (broad SMARTS) is 1. The van der Waals surface area contributed by atoms with Gasteiger partial charge in [-0.25, -0.2) is 0 Å². The van der Waals surface area contributed by atoms with Crippen molar-refractivity contribution in [2.75, 3.05) is 0 Å². The highest BCUT2D eigenvalue weighted by Crippen LogP contribution is 2.25. The van der Waals surface area contributed by atoms with Crippen LogP contribution in [0.3, 0.4) is 0 Å². The van der Waals surface area contributed by atoms with E-state index in [0.717, 1.165) is 12.8 Å². The SMILES string of the molecule is O=C(NC1CCCCC1C(=O)O)c1cc(Cl)cc(Cl)c1. The topological polar surface area (TPSA) is 66.4 Å². The van der Waals surface area contributed by atoms with E-state index in [1.165, 1.54) is 12.1 Å². The molecule has 2 rings (SSSR count). The van der Waals surface area contributed by atoms with Crippen molar-refractivity contribution < 1.29 is 14.7 Å². The number of hydrogen-bond acceptors (Lipinski definition) is 2. The quantitative estimate of drug-likeness (QED) is 0.898. The highest BCUT2D eigenvalue weighted by Gasteiger charge is 2.32. The summed E-state index contributed by atoms with van der Waals surface area (Å²) in [6.45, 7) is 0. The molecule has 1 saturated carbocycles. The maximum absolute atomic E-state index is 12.2. The molecule has 6 heteroatoms. The van der Waals surface area contributed by atoms with Crippen LogP contribution in [0.1, 0.15) is 36.0 Å². The first-order valence-corrected chi connectivity index (χ1v) is 7.22. The molecule has 0 aliphatic heterocycles. The Morgan fingerprint density at radius 1 is 1.10 bits per heavy atom. The van der Waals surface area contributed by atoms with Crippen LogP contribution < -0.4 is 5.32 Å². The number of benzene rings is 1. The van der Waals surface area contributed by atoms with E-state index in [2.05, 4.69) is 5.32 Å². The monoisotopic (exact) mass is 315 g/mol. The van der Waals surface area contributed by atoms with Crippen molar-refractivity contribution in [2.45, 2.75) is 31.7 Å². The lowest BCUT2D eigenvalue weighted by Crippen LogP contribution is -2.45. The van der Waals surface area contributed by atoms with Gasteiger partial charge in [0.05, 0.1) is 5.92 Å². The Bertz CT molecular complexity index is 513. The fourth-order valence-electron chi connectivity index (χ4n) is 2.54. The van der Waals surface area contributed by atoms with Gasteiger partial charge in [-0.3, -0.25) is 9.59 Å². The zero-order chi connectivity index (χ0) is 14.7. The molecule has 2 N–H and O–H groups in total. The Labute approximate surface area is 127 Å². The number of amides is 1. The van der Waals surface area contributed by atoms with Crippen LogP contribution in [-0.2, 0) is 4.79 Å². The fourth-order valence-corrected chi connectivity index (χ4v) is 3.06. The number of rotatable bonds is 3. The molecule has 1 aliphatic rings. The summed E-state index contributed by atoms with van der Waals surface area (Å²) in [4.78, 5) is 23.4. The first-order chi connectivity index (χ1) is 9.47. The summed E-state index contributed by atoms with van der Waals surface area (Å²) in [5.41, 5.74) is 0.345. The van der Waals surface area contributed by atoms with E-state index in [1.54, 1.807) is 6.07 Å². The lowest BCUT2D eigenvalue weighted by atomic mass is 9.84. The smallest absolute Gasteiger partial charge is 0.308 e. The van der Waals surface area contributed by atoms with Gasteiger partial charge < -0.3 is 10.4 Å². The third-order valence-corrected chi connectivity index (χ3v) is 3.96. The van der Waals surface area contributed by atoms with Crippen LogP contribution in [0, 0.1) is 5.92 Å². The van der Waals surface area contributed by atoms with Crippen LogP contribution in [0.5, 0.6) is 0 Å². The van der Waals surface area contributed by atoms with Gasteiger partial charge in [0.1, 0.15) is 0 Å². The van der Waals surface area contributed by atoms with Crippen LogP contribution in [0.2, 0.25) is 10.0 Å². The summed E-state index contributed by atoms with van der Waals surface area (Å²) < 4.78 is 0. The lowest BCUT2D eigenvalue weighted by Gasteiger charge is -2.29. The predicted molar refractivity (Wildman–Crippen MR) is 77.3 cm³/mol. The zero-order valence-electron chi connectivity index (χ0n) is 10.7. The van der Waals surface area contributed by atoms with Crippen molar-refractivity contribution >= 4 is 35.1 Å². The number of halogens is 2. The van der Waals surface area contributed by atoms with E-state index in [-0.39, 0.29) is 11.9 Å². The van der Waals surface area contributed by atoms with Gasteiger partial charge in [0.25, 0.3) is 5.91 Å². The van der Waals surface area contributed by atoms with Gasteiger partial charge in [0.2, 0.25) is 0 Å². The molecule has 0 radical (unpaired) electrons. The molecular weight excluding hydrogens is 301 g/mol. The summed E-state index contributed by atoms with van der Waals surface area (Å²) in [5.74, 6) is -1.73. The number of carbonyl (C=O) groups is 2. The van der Waals surface area contributed by atoms with Gasteiger partial charge in [-0.1, -0.05) is 36.0 Å². The highest BCUT2D eigenvalue weighted by atomic mass is 35.5. The Hall–Kier alpha value is -1.26. The normalized spacial score (nSPS) is 22.3. The molecule has 1 aromatic rings. The molecule has 4 nitrogen and oxygen atoms in total. The second kappa shape index (κ2) is 6.46. The summed E-state index contributed by atoms with van der Waals surface area (Å²) in [6.07, 6.45) is 3.07. The summed E-state index contributed by atoms with van der Waals surface area (Å²) in [6, 6.07) is 4.23. The third-order valence-electron chi connectivity index (χ3n) is 3.52. The number of carboxylic acids is 1. The van der Waals surface area contributed by atoms with Crippen molar-refractivity contribution in [2.24, 2.45) is 5.92 Å². The molecular formula is C14H15Cl2NO3. The van der Waals surface area contributed by atoms with E-state index in [0.29, 0.717) is 28.5 Å². The van der Waals surface area contributed by atoms with E-state index in [9.17, 15) is 14.7 Å². The maximum Gasteiger partial charge on any atom is 0.308 e. The van der Waals surface area contributed by atoms with Crippen LogP contribution in [0.15, 0.2) is 18.2 Å². The molecule has 1 aliphatic carbocycles. The summed E-state index contributed by atoms with van der Waals surface area (Å²) in [7, 11) is 0. The maximum atomic E-state index is 12.2. The Morgan fingerprint density at radius 2 is 1.70 bits per heavy atom. The standard InChI is InChI=1S/C14H15Cl2NO3/c15-9-5-8(6-10(16)7-9)13(18)17-12-4-2-1-3-11(12)14(19)20/h5-7,11-12H,1-4H2,(H,17,18)(H,19,20). The molecule has 1 fully saturated rings. The largest absolute Gasteiger partial charge is 0.481 e. The van der Waals surface area contributed by atoms with Crippen LogP contribution in [-0.4, -0.2) is 23.0 Å². The lowest BCUT2D eigenvalue weighted by molar-refractivity contribution is -0.143. The minimum absolute atomic E-state index is 0.340. The van der Waals surface area contributed by atoms with E-state index < -0.39 is 11.9 Å². The second-order valence-electron chi connectivity index (χ2n) is 4.97. The molecule has 1 amide bonds. The first-order valence-electron chi connectivity index (χ1n) is 6.47. The molecule has 2 unspecified atom stereocenters. The van der Waals surface area contributed by atoms with Gasteiger partial charge in [0, 0.05) is 21.7 Å². The van der Waals surface area contributed by atoms with Crippen molar-refractivity contribution in [1.82, 2.24) is 5.32 Å². The average molecular weight is 316 g/mol. The van der Waals surface area contributed by atoms with E-state index >= 15 is 0 Å². The Balaban J connectivity index is 2.11. The minimum Gasteiger partial charge on any atom is -0.481 e. The minimum atomic E-state index is -0.862. The number of carbonyl (C=O) groups excluding carboxylic acids is 1. The van der Waals surface area contributed by atoms with Crippen molar-refractivity contribution in [3.05, 3.63) is 33.8 Å². The molecule has 0 bridgehead atoms. The number of hydrogen-bond donors (Lipinski definition) is 2. The van der Waals surface area contributed by atoms with Gasteiger partial charge in [-0.05, 0) is 31.0 Å². The second-order valence-corrected chi connectivity index (χ2v) is 5.84. The van der Waals surface area contributed by atoms with Crippen molar-refractivity contribution in [3.8, 4) is 0 Å². The molecule has 2 atom stereocenters. The number of aliphatic carboxylic acids is 1. The third kappa shape index (κ3) is 3.64. The van der Waals surface area contributed by atoms with Gasteiger partial charge in [0.15, 0.2) is 0 Å². The molecule has 1 aromatic carbocycles. The highest BCUT2D eigenvalue weighted by molar-refractivity contribution is 6.35. The number of nitrogens with one attached hydrogen (secondary N) is 1. The summed E-state index contributed by atoms with van der Waals surface area (Å²) in [5, 5.41) is 12.7. The Morgan fingerprint density at radius 3 is 2.30 bits per heavy atom. The van der Waals surface area contributed by atoms with Crippen molar-refractivity contribution in [1.29, 1.82) is 0 Å². The molecule has 0 saturated heterocycles. The summed E-state index contributed by atoms with van der Waals surface area (Å²) >= 11 is 11.7. The molecule has 0 spiro atoms. The first kappa shape index (κ1) is 15.1. The molecule has 20 heavy (non-hydrogen) atoms. The average Bonchev–Trinajstić information content (AvgIpc) is 2.37. The van der Waals surface area contributed by atoms with Gasteiger partial charge in [-0.15, -0.1) is 0 Å². The zero-order valence-corrected chi connectivity index (χ0v) is 12.2. The van der Waals surface area contributed by atoms with Crippen LogP contribution in [0.4, 0.5) is 0 Å². The van der Waals surface area contributed by atoms with E-state index in [4.69, 9.17) is 23.2 Å². The van der Waals surface area contributed by atoms with E-state index in [1.807, 2.05) is 0 Å². The van der Waals surface area contributed by atoms with Gasteiger partial charge >= 0.3 is 5.97 Å². The Kier molecular flexibility index (Phi) is 4.89. The van der Waals surface area contributed by atoms with Crippen molar-refractivity contribution in [3.63, 3.8) is 0 Å². The van der Waals surface area contributed by atoms with Crippen LogP contribution >= 0.6 is 23.2 Å². The predicted octanol–water partition coefficient (Wildman–Crippen LogP) is 3.37.